The first-order valence-electron chi connectivity index (χ1n) is 5.76. The summed E-state index contributed by atoms with van der Waals surface area (Å²) in [6.45, 7) is 0. The van der Waals surface area contributed by atoms with E-state index in [1.54, 1.807) is 24.3 Å². The summed E-state index contributed by atoms with van der Waals surface area (Å²) < 4.78 is 38.1. The third kappa shape index (κ3) is 2.36. The third-order valence-corrected chi connectivity index (χ3v) is 3.14. The lowest BCUT2D eigenvalue weighted by Crippen LogP contribution is -2.04. The largest absolute Gasteiger partial charge is 0.416 e. The van der Waals surface area contributed by atoms with Gasteiger partial charge in [-0.1, -0.05) is 23.7 Å². The molecule has 3 rings (SSSR count). The lowest BCUT2D eigenvalue weighted by Gasteiger charge is -2.07. The van der Waals surface area contributed by atoms with Gasteiger partial charge in [-0.25, -0.2) is 4.98 Å². The minimum atomic E-state index is -4.37. The molecular weight excluding hydrogens is 289 g/mol. The summed E-state index contributed by atoms with van der Waals surface area (Å²) in [4.78, 5) is 7.23. The Balaban J connectivity index is 2.11. The number of nitrogens with zero attached hydrogens (tertiary/aromatic N) is 1. The van der Waals surface area contributed by atoms with Gasteiger partial charge in [0.25, 0.3) is 0 Å². The van der Waals surface area contributed by atoms with Crippen LogP contribution < -0.4 is 0 Å². The number of H-pyrrole nitrogens is 1. The predicted molar refractivity (Wildman–Crippen MR) is 71.5 cm³/mol. The summed E-state index contributed by atoms with van der Waals surface area (Å²) in [5.74, 6) is 0.383. The topological polar surface area (TPSA) is 28.7 Å². The molecule has 0 fully saturated rings. The number of aromatic nitrogens is 2. The quantitative estimate of drug-likeness (QED) is 0.679. The van der Waals surface area contributed by atoms with E-state index in [0.29, 0.717) is 27.4 Å². The van der Waals surface area contributed by atoms with Gasteiger partial charge >= 0.3 is 6.18 Å². The second kappa shape index (κ2) is 4.52. The van der Waals surface area contributed by atoms with E-state index in [4.69, 9.17) is 11.6 Å². The summed E-state index contributed by atoms with van der Waals surface area (Å²) >= 11 is 5.86. The number of hydrogen-bond acceptors (Lipinski definition) is 1. The highest BCUT2D eigenvalue weighted by atomic mass is 35.5. The maximum absolute atomic E-state index is 12.7. The molecule has 0 spiro atoms. The van der Waals surface area contributed by atoms with Crippen molar-refractivity contribution in [2.75, 3.05) is 0 Å². The smallest absolute Gasteiger partial charge is 0.338 e. The van der Waals surface area contributed by atoms with E-state index in [0.717, 1.165) is 12.1 Å². The SMILES string of the molecule is FC(F)(F)c1cccc(-c2nc3ccc(Cl)cc3[nH]2)c1. The highest BCUT2D eigenvalue weighted by molar-refractivity contribution is 6.31. The van der Waals surface area contributed by atoms with Gasteiger partial charge in [0.2, 0.25) is 0 Å². The molecule has 0 bridgehead atoms. The fourth-order valence-electron chi connectivity index (χ4n) is 1.96. The van der Waals surface area contributed by atoms with Crippen molar-refractivity contribution in [3.8, 4) is 11.4 Å². The molecule has 0 amide bonds. The third-order valence-electron chi connectivity index (χ3n) is 2.91. The number of hydrogen-bond donors (Lipinski definition) is 1. The van der Waals surface area contributed by atoms with Crippen molar-refractivity contribution in [2.45, 2.75) is 6.18 Å². The van der Waals surface area contributed by atoms with Crippen molar-refractivity contribution in [2.24, 2.45) is 0 Å². The monoisotopic (exact) mass is 296 g/mol. The molecule has 2 nitrogen and oxygen atoms in total. The maximum Gasteiger partial charge on any atom is 0.416 e. The summed E-state index contributed by atoms with van der Waals surface area (Å²) in [5.41, 5.74) is 1.02. The van der Waals surface area contributed by atoms with Crippen LogP contribution >= 0.6 is 11.6 Å². The Hall–Kier alpha value is -2.01. The van der Waals surface area contributed by atoms with Crippen LogP contribution in [0.4, 0.5) is 13.2 Å². The average molecular weight is 297 g/mol. The lowest BCUT2D eigenvalue weighted by molar-refractivity contribution is -0.137. The van der Waals surface area contributed by atoms with Crippen molar-refractivity contribution in [3.63, 3.8) is 0 Å². The molecule has 0 saturated carbocycles. The molecule has 1 N–H and O–H groups in total. The number of alkyl halides is 3. The van der Waals surface area contributed by atoms with Gasteiger partial charge < -0.3 is 4.98 Å². The Bertz CT molecular complexity index is 777. The minimum Gasteiger partial charge on any atom is -0.338 e. The molecule has 0 atom stereocenters. The van der Waals surface area contributed by atoms with Crippen LogP contribution in [0, 0.1) is 0 Å². The molecule has 0 radical (unpaired) electrons. The van der Waals surface area contributed by atoms with Gasteiger partial charge in [-0.2, -0.15) is 13.2 Å². The highest BCUT2D eigenvalue weighted by Crippen LogP contribution is 2.32. The van der Waals surface area contributed by atoms with Crippen LogP contribution in [0.1, 0.15) is 5.56 Å². The van der Waals surface area contributed by atoms with E-state index >= 15 is 0 Å². The zero-order chi connectivity index (χ0) is 14.3. The van der Waals surface area contributed by atoms with Gasteiger partial charge in [0, 0.05) is 10.6 Å². The standard InChI is InChI=1S/C14H8ClF3N2/c15-10-4-5-11-12(7-10)20-13(19-11)8-2-1-3-9(6-8)14(16,17)18/h1-7H,(H,19,20). The Kier molecular flexibility index (Phi) is 2.94. The molecule has 20 heavy (non-hydrogen) atoms. The fourth-order valence-corrected chi connectivity index (χ4v) is 2.13. The van der Waals surface area contributed by atoms with E-state index in [9.17, 15) is 13.2 Å². The normalized spacial score (nSPS) is 12.0. The molecule has 1 heterocycles. The first-order chi connectivity index (χ1) is 9.43. The number of benzene rings is 2. The number of imidazole rings is 1. The van der Waals surface area contributed by atoms with Crippen molar-refractivity contribution < 1.29 is 13.2 Å². The Morgan fingerprint density at radius 1 is 1.05 bits per heavy atom. The summed E-state index contributed by atoms with van der Waals surface area (Å²) in [7, 11) is 0. The zero-order valence-corrected chi connectivity index (χ0v) is 10.8. The van der Waals surface area contributed by atoms with Crippen molar-refractivity contribution in [1.82, 2.24) is 9.97 Å². The van der Waals surface area contributed by atoms with Gasteiger partial charge in [0.1, 0.15) is 5.82 Å². The molecule has 0 unspecified atom stereocenters. The lowest BCUT2D eigenvalue weighted by atomic mass is 10.1. The summed E-state index contributed by atoms with van der Waals surface area (Å²) in [6.07, 6.45) is -4.37. The zero-order valence-electron chi connectivity index (χ0n) is 10.0. The van der Waals surface area contributed by atoms with Crippen LogP contribution in [0.2, 0.25) is 5.02 Å². The number of halogens is 4. The van der Waals surface area contributed by atoms with Crippen LogP contribution in [0.15, 0.2) is 42.5 Å². The van der Waals surface area contributed by atoms with Crippen molar-refractivity contribution >= 4 is 22.6 Å². The van der Waals surface area contributed by atoms with E-state index in [-0.39, 0.29) is 0 Å². The number of rotatable bonds is 1. The van der Waals surface area contributed by atoms with E-state index in [1.807, 2.05) is 0 Å². The van der Waals surface area contributed by atoms with E-state index in [2.05, 4.69) is 9.97 Å². The average Bonchev–Trinajstić information content (AvgIpc) is 2.81. The van der Waals surface area contributed by atoms with Gasteiger partial charge in [-0.3, -0.25) is 0 Å². The number of nitrogens with one attached hydrogen (secondary N) is 1. The summed E-state index contributed by atoms with van der Waals surface area (Å²) in [5, 5.41) is 0.539. The van der Waals surface area contributed by atoms with Gasteiger partial charge in [-0.15, -0.1) is 0 Å². The molecular formula is C14H8ClF3N2. The van der Waals surface area contributed by atoms with Crippen LogP contribution in [0.3, 0.4) is 0 Å². The van der Waals surface area contributed by atoms with Crippen LogP contribution in [0.25, 0.3) is 22.4 Å². The first kappa shape index (κ1) is 13.0. The van der Waals surface area contributed by atoms with E-state index < -0.39 is 11.7 Å². The highest BCUT2D eigenvalue weighted by Gasteiger charge is 2.30. The van der Waals surface area contributed by atoms with Crippen molar-refractivity contribution in [3.05, 3.63) is 53.1 Å². The van der Waals surface area contributed by atoms with Crippen molar-refractivity contribution in [1.29, 1.82) is 0 Å². The van der Waals surface area contributed by atoms with Gasteiger partial charge in [-0.05, 0) is 30.3 Å². The molecule has 0 aliphatic carbocycles. The Labute approximate surface area is 117 Å². The Morgan fingerprint density at radius 3 is 2.60 bits per heavy atom. The van der Waals surface area contributed by atoms with Gasteiger partial charge in [0.05, 0.1) is 16.6 Å². The second-order valence-corrected chi connectivity index (χ2v) is 4.76. The summed E-state index contributed by atoms with van der Waals surface area (Å²) in [6, 6.07) is 10.1. The molecule has 0 saturated heterocycles. The molecule has 1 aromatic heterocycles. The minimum absolute atomic E-state index is 0.382. The van der Waals surface area contributed by atoms with Crippen LogP contribution in [-0.4, -0.2) is 9.97 Å². The predicted octanol–water partition coefficient (Wildman–Crippen LogP) is 4.90. The number of fused-ring (bicyclic) bond motifs is 1. The maximum atomic E-state index is 12.7. The molecule has 6 heteroatoms. The molecule has 102 valence electrons. The Morgan fingerprint density at radius 2 is 1.85 bits per heavy atom. The molecule has 2 aromatic carbocycles. The molecule has 3 aromatic rings. The fraction of sp³-hybridized carbons (Fsp3) is 0.0714. The van der Waals surface area contributed by atoms with Gasteiger partial charge in [0.15, 0.2) is 0 Å². The first-order valence-corrected chi connectivity index (χ1v) is 6.14. The molecule has 0 aliphatic rings. The van der Waals surface area contributed by atoms with E-state index in [1.165, 1.54) is 6.07 Å². The second-order valence-electron chi connectivity index (χ2n) is 4.33. The number of aromatic amines is 1. The van der Waals surface area contributed by atoms with Crippen LogP contribution in [0.5, 0.6) is 0 Å². The molecule has 0 aliphatic heterocycles. The van der Waals surface area contributed by atoms with Crippen LogP contribution in [-0.2, 0) is 6.18 Å².